The molecule has 1 heterocycles. The van der Waals surface area contributed by atoms with E-state index in [-0.39, 0.29) is 6.03 Å². The van der Waals surface area contributed by atoms with Crippen molar-refractivity contribution in [3.8, 4) is 0 Å². The van der Waals surface area contributed by atoms with Gasteiger partial charge in [-0.05, 0) is 50.2 Å². The zero-order valence-electron chi connectivity index (χ0n) is 15.8. The van der Waals surface area contributed by atoms with Gasteiger partial charge in [0, 0.05) is 18.4 Å². The van der Waals surface area contributed by atoms with E-state index in [0.717, 1.165) is 0 Å². The van der Waals surface area contributed by atoms with Crippen LogP contribution in [0.15, 0.2) is 36.4 Å². The normalized spacial score (nSPS) is 18.2. The number of hydrogen-bond acceptors (Lipinski definition) is 2. The van der Waals surface area contributed by atoms with Crippen molar-refractivity contribution in [1.29, 1.82) is 0 Å². The van der Waals surface area contributed by atoms with E-state index in [1.165, 1.54) is 11.0 Å². The van der Waals surface area contributed by atoms with Crippen LogP contribution in [-0.2, 0) is 0 Å². The third-order valence-corrected chi connectivity index (χ3v) is 6.39. The molecule has 10 heteroatoms. The van der Waals surface area contributed by atoms with E-state index in [4.69, 9.17) is 46.4 Å². The smallest absolute Gasteiger partial charge is 0.318 e. The highest BCUT2D eigenvalue weighted by Crippen LogP contribution is 2.36. The summed E-state index contributed by atoms with van der Waals surface area (Å²) in [4.78, 5) is 28.6. The monoisotopic (exact) mass is 474 g/mol. The van der Waals surface area contributed by atoms with Gasteiger partial charge in [-0.3, -0.25) is 4.90 Å². The molecule has 154 valence electrons. The molecule has 1 atom stereocenters. The molecule has 4 amide bonds. The van der Waals surface area contributed by atoms with Gasteiger partial charge in [0.1, 0.15) is 6.17 Å². The number of nitrogens with zero attached hydrogens (tertiary/aromatic N) is 2. The average Bonchev–Trinajstić information content (AvgIpc) is 2.81. The van der Waals surface area contributed by atoms with E-state index in [0.29, 0.717) is 31.5 Å². The lowest BCUT2D eigenvalue weighted by atomic mass is 10.0. The fourth-order valence-corrected chi connectivity index (χ4v) is 3.61. The molecule has 0 spiro atoms. The second-order valence-electron chi connectivity index (χ2n) is 7.09. The summed E-state index contributed by atoms with van der Waals surface area (Å²) in [7, 11) is 1.67. The summed E-state index contributed by atoms with van der Waals surface area (Å²) in [6.07, 6.45) is -0.681. The Bertz CT molecular complexity index is 983. The van der Waals surface area contributed by atoms with Crippen LogP contribution in [0.25, 0.3) is 0 Å². The summed E-state index contributed by atoms with van der Waals surface area (Å²) in [5, 5.41) is 6.94. The number of nitrogens with one attached hydrogen (secondary N) is 2. The van der Waals surface area contributed by atoms with Crippen LogP contribution in [0.3, 0.4) is 0 Å². The largest absolute Gasteiger partial charge is 0.326 e. The molecular formula is C19H18Cl4N4O2. The lowest BCUT2D eigenvalue weighted by molar-refractivity contribution is 0.180. The highest BCUT2D eigenvalue weighted by Gasteiger charge is 2.51. The van der Waals surface area contributed by atoms with Crippen molar-refractivity contribution in [3.05, 3.63) is 56.5 Å². The SMILES string of the molecule is CN1C(=O)N(c2ccc(Cl)c(Cl)c2)C(NC(=O)Nc2ccc(Cl)c(Cl)c2)C1(C)C. The lowest BCUT2D eigenvalue weighted by Gasteiger charge is -2.33. The van der Waals surface area contributed by atoms with Gasteiger partial charge in [-0.2, -0.15) is 0 Å². The first-order valence-corrected chi connectivity index (χ1v) is 10.1. The standard InChI is InChI=1S/C19H18Cl4N4O2/c1-19(2)16(25-17(28)24-10-4-6-12(20)14(22)8-10)27(18(29)26(19)3)11-5-7-13(21)15(23)9-11/h4-9,16H,1-3H3,(H2,24,25,28). The number of amides is 4. The maximum Gasteiger partial charge on any atom is 0.326 e. The number of carbonyl (C=O) groups excluding carboxylic acids is 2. The first-order chi connectivity index (χ1) is 13.5. The number of halogens is 4. The Morgan fingerprint density at radius 2 is 1.55 bits per heavy atom. The summed E-state index contributed by atoms with van der Waals surface area (Å²) in [6, 6.07) is 8.82. The molecule has 0 saturated carbocycles. The van der Waals surface area contributed by atoms with E-state index >= 15 is 0 Å². The predicted molar refractivity (Wildman–Crippen MR) is 119 cm³/mol. The zero-order valence-corrected chi connectivity index (χ0v) is 18.8. The van der Waals surface area contributed by atoms with Crippen LogP contribution in [0.5, 0.6) is 0 Å². The van der Waals surface area contributed by atoms with Crippen LogP contribution in [0.4, 0.5) is 21.0 Å². The summed E-state index contributed by atoms with van der Waals surface area (Å²) >= 11 is 24.0. The maximum absolute atomic E-state index is 12.9. The molecule has 1 saturated heterocycles. The van der Waals surface area contributed by atoms with Crippen molar-refractivity contribution in [1.82, 2.24) is 10.2 Å². The molecule has 1 aliphatic heterocycles. The zero-order chi connectivity index (χ0) is 21.5. The second kappa shape index (κ2) is 8.11. The van der Waals surface area contributed by atoms with Gasteiger partial charge in [0.2, 0.25) is 0 Å². The van der Waals surface area contributed by atoms with Gasteiger partial charge < -0.3 is 15.5 Å². The first kappa shape index (κ1) is 21.8. The molecule has 6 nitrogen and oxygen atoms in total. The summed E-state index contributed by atoms with van der Waals surface area (Å²) in [6.45, 7) is 3.71. The van der Waals surface area contributed by atoms with Crippen LogP contribution in [0, 0.1) is 0 Å². The number of hydrogen-bond donors (Lipinski definition) is 2. The Kier molecular flexibility index (Phi) is 6.11. The molecular weight excluding hydrogens is 458 g/mol. The van der Waals surface area contributed by atoms with Gasteiger partial charge in [0.05, 0.1) is 25.6 Å². The predicted octanol–water partition coefficient (Wildman–Crippen LogP) is 6.10. The molecule has 29 heavy (non-hydrogen) atoms. The molecule has 1 fully saturated rings. The van der Waals surface area contributed by atoms with Crippen molar-refractivity contribution in [2.24, 2.45) is 0 Å². The number of rotatable bonds is 3. The van der Waals surface area contributed by atoms with Crippen LogP contribution in [0.2, 0.25) is 20.1 Å². The highest BCUT2D eigenvalue weighted by atomic mass is 35.5. The van der Waals surface area contributed by atoms with E-state index in [9.17, 15) is 9.59 Å². The van der Waals surface area contributed by atoms with E-state index in [1.54, 1.807) is 42.3 Å². The Balaban J connectivity index is 1.88. The molecule has 0 radical (unpaired) electrons. The molecule has 2 aromatic rings. The maximum atomic E-state index is 12.9. The van der Waals surface area contributed by atoms with Crippen molar-refractivity contribution >= 4 is 69.8 Å². The second-order valence-corrected chi connectivity index (χ2v) is 8.72. The molecule has 0 aromatic heterocycles. The molecule has 2 aromatic carbocycles. The first-order valence-electron chi connectivity index (χ1n) is 8.57. The van der Waals surface area contributed by atoms with Crippen molar-refractivity contribution in [3.63, 3.8) is 0 Å². The Labute approximate surface area is 188 Å². The fourth-order valence-electron chi connectivity index (χ4n) is 3.02. The van der Waals surface area contributed by atoms with Crippen molar-refractivity contribution in [2.45, 2.75) is 25.6 Å². The van der Waals surface area contributed by atoms with Gasteiger partial charge in [-0.1, -0.05) is 46.4 Å². The quantitative estimate of drug-likeness (QED) is 0.563. The molecule has 1 unspecified atom stereocenters. The van der Waals surface area contributed by atoms with Gasteiger partial charge >= 0.3 is 12.1 Å². The van der Waals surface area contributed by atoms with Crippen LogP contribution < -0.4 is 15.5 Å². The van der Waals surface area contributed by atoms with Crippen molar-refractivity contribution < 1.29 is 9.59 Å². The molecule has 2 N–H and O–H groups in total. The van der Waals surface area contributed by atoms with E-state index in [1.807, 2.05) is 13.8 Å². The molecule has 0 aliphatic carbocycles. The number of anilines is 2. The summed E-state index contributed by atoms with van der Waals surface area (Å²) in [5.74, 6) is 0. The summed E-state index contributed by atoms with van der Waals surface area (Å²) in [5.41, 5.74) is 0.271. The molecule has 1 aliphatic rings. The minimum Gasteiger partial charge on any atom is -0.318 e. The van der Waals surface area contributed by atoms with Gasteiger partial charge in [0.25, 0.3) is 0 Å². The van der Waals surface area contributed by atoms with Gasteiger partial charge in [-0.25, -0.2) is 9.59 Å². The minimum absolute atomic E-state index is 0.284. The Morgan fingerprint density at radius 1 is 0.966 bits per heavy atom. The van der Waals surface area contributed by atoms with Crippen LogP contribution in [0.1, 0.15) is 13.8 Å². The number of carbonyl (C=O) groups is 2. The van der Waals surface area contributed by atoms with Crippen molar-refractivity contribution in [2.75, 3.05) is 17.3 Å². The van der Waals surface area contributed by atoms with E-state index < -0.39 is 17.7 Å². The third-order valence-electron chi connectivity index (χ3n) is 4.91. The van der Waals surface area contributed by atoms with Gasteiger partial charge in [-0.15, -0.1) is 0 Å². The number of benzene rings is 2. The molecule has 0 bridgehead atoms. The topological polar surface area (TPSA) is 64.7 Å². The fraction of sp³-hybridized carbons (Fsp3) is 0.263. The average molecular weight is 476 g/mol. The van der Waals surface area contributed by atoms with Crippen LogP contribution >= 0.6 is 46.4 Å². The van der Waals surface area contributed by atoms with Crippen LogP contribution in [-0.4, -0.2) is 35.7 Å². The minimum atomic E-state index is -0.710. The Hall–Kier alpha value is -1.86. The number of likely N-dealkylation sites (N-methyl/N-ethyl adjacent to an activating group) is 1. The van der Waals surface area contributed by atoms with E-state index in [2.05, 4.69) is 10.6 Å². The third kappa shape index (κ3) is 4.21. The lowest BCUT2D eigenvalue weighted by Crippen LogP contribution is -2.56. The highest BCUT2D eigenvalue weighted by molar-refractivity contribution is 6.42. The summed E-state index contributed by atoms with van der Waals surface area (Å²) < 4.78 is 0. The van der Waals surface area contributed by atoms with Gasteiger partial charge in [0.15, 0.2) is 0 Å². The number of urea groups is 2. The Morgan fingerprint density at radius 3 is 2.14 bits per heavy atom. The molecule has 3 rings (SSSR count).